The Morgan fingerprint density at radius 2 is 1.79 bits per heavy atom. The minimum Gasteiger partial charge on any atom is -0.488 e. The lowest BCUT2D eigenvalue weighted by Gasteiger charge is -2.39. The number of anilines is 1. The maximum Gasteiger partial charge on any atom is 0.410 e. The highest BCUT2D eigenvalue weighted by molar-refractivity contribution is 5.93. The van der Waals surface area contributed by atoms with Gasteiger partial charge in [-0.05, 0) is 97.3 Å². The van der Waals surface area contributed by atoms with E-state index in [-0.39, 0.29) is 17.9 Å². The number of piperazine rings is 1. The number of alkyl halides is 1. The largest absolute Gasteiger partial charge is 0.488 e. The van der Waals surface area contributed by atoms with E-state index in [1.165, 1.54) is 0 Å². The van der Waals surface area contributed by atoms with Gasteiger partial charge in [0.1, 0.15) is 40.5 Å². The van der Waals surface area contributed by atoms with Gasteiger partial charge in [-0.1, -0.05) is 0 Å². The average molecular weight is 664 g/mol. The molecule has 12 heteroatoms. The van der Waals surface area contributed by atoms with Crippen LogP contribution in [0.5, 0.6) is 5.75 Å². The van der Waals surface area contributed by atoms with E-state index in [0.29, 0.717) is 38.9 Å². The molecule has 3 aromatic rings. The molecule has 260 valence electrons. The van der Waals surface area contributed by atoms with E-state index in [2.05, 4.69) is 38.8 Å². The van der Waals surface area contributed by atoms with Crippen molar-refractivity contribution >= 4 is 22.8 Å². The highest BCUT2D eigenvalue weighted by atomic mass is 19.1. The second-order valence-electron chi connectivity index (χ2n) is 15.3. The topological polar surface area (TPSA) is 98.1 Å². The Morgan fingerprint density at radius 3 is 2.48 bits per heavy atom. The van der Waals surface area contributed by atoms with E-state index in [4.69, 9.17) is 19.3 Å². The summed E-state index contributed by atoms with van der Waals surface area (Å²) >= 11 is 0. The number of hydrogen-bond donors (Lipinski definition) is 0. The number of benzene rings is 1. The first-order valence-corrected chi connectivity index (χ1v) is 17.8. The zero-order chi connectivity index (χ0) is 33.5. The molecular weight excluding hydrogens is 613 g/mol. The molecule has 1 unspecified atom stereocenters. The van der Waals surface area contributed by atoms with Crippen molar-refractivity contribution in [3.63, 3.8) is 0 Å². The first kappa shape index (κ1) is 33.0. The predicted molar refractivity (Wildman–Crippen MR) is 182 cm³/mol. The highest BCUT2D eigenvalue weighted by Crippen LogP contribution is 2.41. The van der Waals surface area contributed by atoms with Crippen LogP contribution in [-0.2, 0) is 9.47 Å². The number of likely N-dealkylation sites (tertiary alicyclic amines) is 1. The summed E-state index contributed by atoms with van der Waals surface area (Å²) < 4.78 is 35.7. The third kappa shape index (κ3) is 7.54. The molecule has 1 amide bonds. The molecule has 4 aliphatic rings. The van der Waals surface area contributed by atoms with Gasteiger partial charge in [-0.2, -0.15) is 5.10 Å². The van der Waals surface area contributed by atoms with E-state index < -0.39 is 11.3 Å². The summed E-state index contributed by atoms with van der Waals surface area (Å²) in [5.41, 5.74) is 0.705. The standard InChI is InChI=1S/C36H50FN7O4/c1-34(2,3)48-33(45)43-16-13-36(37,14-17-43)12-15-41-18-20-42(21-19-41)30-24-28(38-25-39-30)32-27-23-26(47-35(4)10-11-35)8-9-29(27)44(40-32)31-7-5-6-22-46-31/h8-9,23-25,31H,5-7,10-22H2,1-4H3. The van der Waals surface area contributed by atoms with Crippen LogP contribution in [0.15, 0.2) is 30.6 Å². The molecular formula is C36H50FN7O4. The first-order valence-electron chi connectivity index (χ1n) is 17.8. The van der Waals surface area contributed by atoms with Gasteiger partial charge in [-0.3, -0.25) is 4.90 Å². The quantitative estimate of drug-likeness (QED) is 0.272. The van der Waals surface area contributed by atoms with Crippen LogP contribution in [-0.4, -0.2) is 105 Å². The zero-order valence-corrected chi connectivity index (χ0v) is 28.9. The number of aromatic nitrogens is 4. The van der Waals surface area contributed by atoms with E-state index in [9.17, 15) is 4.79 Å². The number of hydrogen-bond acceptors (Lipinski definition) is 9. The number of rotatable bonds is 8. The summed E-state index contributed by atoms with van der Waals surface area (Å²) in [7, 11) is 0. The van der Waals surface area contributed by atoms with Crippen molar-refractivity contribution in [1.82, 2.24) is 29.5 Å². The van der Waals surface area contributed by atoms with Crippen molar-refractivity contribution in [2.24, 2.45) is 0 Å². The zero-order valence-electron chi connectivity index (χ0n) is 28.9. The van der Waals surface area contributed by atoms with Crippen molar-refractivity contribution in [2.75, 3.05) is 57.3 Å². The molecule has 0 spiro atoms. The lowest BCUT2D eigenvalue weighted by molar-refractivity contribution is -0.0365. The SMILES string of the molecule is CC(C)(C)OC(=O)N1CCC(F)(CCN2CCN(c3cc(-c4nn(C5CCCCO5)c5ccc(OC6(C)CC6)cc45)ncn3)CC2)CC1. The monoisotopic (exact) mass is 663 g/mol. The number of halogens is 1. The fourth-order valence-corrected chi connectivity index (χ4v) is 6.95. The third-order valence-corrected chi connectivity index (χ3v) is 10.2. The molecule has 0 radical (unpaired) electrons. The van der Waals surface area contributed by atoms with Crippen LogP contribution in [0.3, 0.4) is 0 Å². The van der Waals surface area contributed by atoms with Crippen molar-refractivity contribution in [3.05, 3.63) is 30.6 Å². The molecule has 5 heterocycles. The Kier molecular flexibility index (Phi) is 8.99. The smallest absolute Gasteiger partial charge is 0.410 e. The Bertz CT molecular complexity index is 1600. The molecule has 1 aromatic carbocycles. The second-order valence-corrected chi connectivity index (χ2v) is 15.3. The Morgan fingerprint density at radius 1 is 1.02 bits per heavy atom. The van der Waals surface area contributed by atoms with E-state index >= 15 is 4.39 Å². The van der Waals surface area contributed by atoms with Crippen molar-refractivity contribution in [1.29, 1.82) is 0 Å². The Hall–Kier alpha value is -3.51. The van der Waals surface area contributed by atoms with Crippen LogP contribution in [0.2, 0.25) is 0 Å². The Balaban J connectivity index is 0.994. The molecule has 4 fully saturated rings. The van der Waals surface area contributed by atoms with Gasteiger partial charge >= 0.3 is 6.09 Å². The summed E-state index contributed by atoms with van der Waals surface area (Å²) in [4.78, 5) is 28.0. The molecule has 2 aromatic heterocycles. The van der Waals surface area contributed by atoms with Gasteiger partial charge < -0.3 is 24.0 Å². The van der Waals surface area contributed by atoms with Crippen LogP contribution >= 0.6 is 0 Å². The molecule has 11 nitrogen and oxygen atoms in total. The van der Waals surface area contributed by atoms with Gasteiger partial charge in [-0.15, -0.1) is 0 Å². The van der Waals surface area contributed by atoms with Gasteiger partial charge in [0.25, 0.3) is 0 Å². The first-order chi connectivity index (χ1) is 23.0. The predicted octanol–water partition coefficient (Wildman–Crippen LogP) is 6.38. The fourth-order valence-electron chi connectivity index (χ4n) is 6.95. The van der Waals surface area contributed by atoms with Gasteiger partial charge in [0.05, 0.1) is 11.2 Å². The minimum absolute atomic E-state index is 0.0787. The van der Waals surface area contributed by atoms with E-state index in [1.807, 2.05) is 37.6 Å². The molecule has 7 rings (SSSR count). The third-order valence-electron chi connectivity index (χ3n) is 10.2. The van der Waals surface area contributed by atoms with E-state index in [0.717, 1.165) is 98.7 Å². The molecule has 1 aliphatic carbocycles. The maximum atomic E-state index is 15.7. The lowest BCUT2D eigenvalue weighted by Crippen LogP contribution is -2.50. The maximum absolute atomic E-state index is 15.7. The van der Waals surface area contributed by atoms with Gasteiger partial charge in [0.2, 0.25) is 0 Å². The summed E-state index contributed by atoms with van der Waals surface area (Å²) in [6.45, 7) is 13.2. The summed E-state index contributed by atoms with van der Waals surface area (Å²) in [6.07, 6.45) is 7.60. The molecule has 3 aliphatic heterocycles. The molecule has 0 bridgehead atoms. The van der Waals surface area contributed by atoms with Crippen molar-refractivity contribution < 1.29 is 23.4 Å². The number of piperidine rings is 1. The number of ether oxygens (including phenoxy) is 3. The summed E-state index contributed by atoms with van der Waals surface area (Å²) in [5.74, 6) is 1.72. The number of amides is 1. The molecule has 3 saturated heterocycles. The average Bonchev–Trinajstić information content (AvgIpc) is 3.68. The van der Waals surface area contributed by atoms with Crippen LogP contribution in [0.4, 0.5) is 15.0 Å². The number of carbonyl (C=O) groups excluding carboxylic acids is 1. The number of nitrogens with zero attached hydrogens (tertiary/aromatic N) is 7. The normalized spacial score (nSPS) is 22.9. The minimum atomic E-state index is -1.26. The van der Waals surface area contributed by atoms with Crippen molar-refractivity contribution in [3.8, 4) is 17.1 Å². The van der Waals surface area contributed by atoms with Crippen LogP contribution in [0.1, 0.15) is 85.3 Å². The van der Waals surface area contributed by atoms with Gasteiger partial charge in [-0.25, -0.2) is 23.8 Å². The Labute approximate surface area is 282 Å². The van der Waals surface area contributed by atoms with Gasteiger partial charge in [0, 0.05) is 63.9 Å². The molecule has 0 N–H and O–H groups in total. The van der Waals surface area contributed by atoms with Gasteiger partial charge in [0.15, 0.2) is 6.23 Å². The molecule has 1 atom stereocenters. The fraction of sp³-hybridized carbons (Fsp3) is 0.667. The highest BCUT2D eigenvalue weighted by Gasteiger charge is 2.40. The van der Waals surface area contributed by atoms with Crippen LogP contribution in [0.25, 0.3) is 22.3 Å². The van der Waals surface area contributed by atoms with Crippen LogP contribution < -0.4 is 9.64 Å². The molecule has 1 saturated carbocycles. The summed E-state index contributed by atoms with van der Waals surface area (Å²) in [5, 5.41) is 6.09. The molecule has 48 heavy (non-hydrogen) atoms. The van der Waals surface area contributed by atoms with Crippen LogP contribution in [0, 0.1) is 0 Å². The summed E-state index contributed by atoms with van der Waals surface area (Å²) in [6, 6.07) is 8.27. The number of carbonyl (C=O) groups is 1. The number of fused-ring (bicyclic) bond motifs is 1. The van der Waals surface area contributed by atoms with E-state index in [1.54, 1.807) is 11.2 Å². The van der Waals surface area contributed by atoms with Crippen molar-refractivity contribution in [2.45, 2.75) is 102 Å². The lowest BCUT2D eigenvalue weighted by atomic mass is 9.90. The second kappa shape index (κ2) is 13.1.